The molecule has 0 aliphatic rings. The third-order valence-electron chi connectivity index (χ3n) is 2.70. The Hall–Kier alpha value is -2.26. The van der Waals surface area contributed by atoms with E-state index in [1.165, 1.54) is 0 Å². The number of anilines is 1. The van der Waals surface area contributed by atoms with Gasteiger partial charge in [0.2, 0.25) is 5.91 Å². The normalized spacial score (nSPS) is 10.8. The number of primary amides is 1. The second-order valence-electron chi connectivity index (χ2n) is 4.09. The third-order valence-corrected chi connectivity index (χ3v) is 2.95. The lowest BCUT2D eigenvalue weighted by Gasteiger charge is -2.02. The Balaban J connectivity index is 2.29. The largest absolute Gasteiger partial charge is 0.398 e. The van der Waals surface area contributed by atoms with Crippen molar-refractivity contribution in [3.8, 4) is 0 Å². The van der Waals surface area contributed by atoms with Gasteiger partial charge in [-0.05, 0) is 41.5 Å². The van der Waals surface area contributed by atoms with Crippen LogP contribution in [0.3, 0.4) is 0 Å². The molecule has 0 atom stereocenters. The summed E-state index contributed by atoms with van der Waals surface area (Å²) < 4.78 is 0. The van der Waals surface area contributed by atoms with E-state index < -0.39 is 5.91 Å². The lowest BCUT2D eigenvalue weighted by atomic mass is 10.1. The van der Waals surface area contributed by atoms with Crippen molar-refractivity contribution in [3.05, 3.63) is 64.2 Å². The Morgan fingerprint density at radius 2 is 1.74 bits per heavy atom. The van der Waals surface area contributed by atoms with E-state index in [9.17, 15) is 4.79 Å². The van der Waals surface area contributed by atoms with Crippen LogP contribution in [0.25, 0.3) is 12.2 Å². The standard InChI is InChI=1S/C15H13ClN2O/c16-13-6-2-10(3-7-13)1-4-11-9-12(15(18)19)5-8-14(11)17/h1-9H,17H2,(H2,18,19)/b4-1+. The lowest BCUT2D eigenvalue weighted by molar-refractivity contribution is 0.100. The monoisotopic (exact) mass is 272 g/mol. The zero-order chi connectivity index (χ0) is 13.8. The van der Waals surface area contributed by atoms with E-state index in [1.807, 2.05) is 36.4 Å². The lowest BCUT2D eigenvalue weighted by Crippen LogP contribution is -2.11. The Morgan fingerprint density at radius 1 is 1.05 bits per heavy atom. The van der Waals surface area contributed by atoms with Gasteiger partial charge in [-0.15, -0.1) is 0 Å². The molecule has 96 valence electrons. The molecule has 3 nitrogen and oxygen atoms in total. The molecular weight excluding hydrogens is 260 g/mol. The maximum atomic E-state index is 11.1. The van der Waals surface area contributed by atoms with E-state index in [0.29, 0.717) is 16.3 Å². The molecule has 0 aromatic heterocycles. The third kappa shape index (κ3) is 3.36. The van der Waals surface area contributed by atoms with Crippen molar-refractivity contribution in [2.24, 2.45) is 5.73 Å². The van der Waals surface area contributed by atoms with E-state index in [4.69, 9.17) is 23.1 Å². The first-order valence-electron chi connectivity index (χ1n) is 5.69. The maximum absolute atomic E-state index is 11.1. The zero-order valence-corrected chi connectivity index (χ0v) is 10.9. The first-order chi connectivity index (χ1) is 9.06. The molecule has 19 heavy (non-hydrogen) atoms. The van der Waals surface area contributed by atoms with Gasteiger partial charge in [-0.3, -0.25) is 4.79 Å². The summed E-state index contributed by atoms with van der Waals surface area (Å²) in [5.41, 5.74) is 13.9. The van der Waals surface area contributed by atoms with Crippen LogP contribution in [0.1, 0.15) is 21.5 Å². The molecule has 2 aromatic rings. The van der Waals surface area contributed by atoms with E-state index in [-0.39, 0.29) is 0 Å². The number of carbonyl (C=O) groups is 1. The van der Waals surface area contributed by atoms with Gasteiger partial charge in [-0.2, -0.15) is 0 Å². The Bertz CT molecular complexity index is 633. The second kappa shape index (κ2) is 5.59. The van der Waals surface area contributed by atoms with Gasteiger partial charge in [0.05, 0.1) is 0 Å². The van der Waals surface area contributed by atoms with Crippen LogP contribution < -0.4 is 11.5 Å². The molecule has 0 saturated carbocycles. The predicted octanol–water partition coefficient (Wildman–Crippen LogP) is 3.19. The number of hydrogen-bond donors (Lipinski definition) is 2. The number of amides is 1. The van der Waals surface area contributed by atoms with Crippen LogP contribution in [0.15, 0.2) is 42.5 Å². The zero-order valence-electron chi connectivity index (χ0n) is 10.1. The Morgan fingerprint density at radius 3 is 2.37 bits per heavy atom. The molecule has 0 unspecified atom stereocenters. The van der Waals surface area contributed by atoms with Gasteiger partial charge in [-0.25, -0.2) is 0 Å². The average Bonchev–Trinajstić information content (AvgIpc) is 2.39. The second-order valence-corrected chi connectivity index (χ2v) is 4.53. The van der Waals surface area contributed by atoms with Gasteiger partial charge in [0.25, 0.3) is 0 Å². The molecule has 2 aromatic carbocycles. The molecule has 0 aliphatic heterocycles. The molecule has 0 radical (unpaired) electrons. The van der Waals surface area contributed by atoms with Crippen molar-refractivity contribution in [2.45, 2.75) is 0 Å². The summed E-state index contributed by atoms with van der Waals surface area (Å²) in [5, 5.41) is 0.687. The van der Waals surface area contributed by atoms with Crippen molar-refractivity contribution in [2.75, 3.05) is 5.73 Å². The summed E-state index contributed by atoms with van der Waals surface area (Å²) in [6.45, 7) is 0. The number of benzene rings is 2. The summed E-state index contributed by atoms with van der Waals surface area (Å²) in [5.74, 6) is -0.471. The Kier molecular flexibility index (Phi) is 3.88. The van der Waals surface area contributed by atoms with Gasteiger partial charge in [0.15, 0.2) is 0 Å². The van der Waals surface area contributed by atoms with Crippen LogP contribution in [-0.4, -0.2) is 5.91 Å². The minimum absolute atomic E-state index is 0.435. The quantitative estimate of drug-likeness (QED) is 0.665. The van der Waals surface area contributed by atoms with Gasteiger partial charge >= 0.3 is 0 Å². The number of carbonyl (C=O) groups excluding carboxylic acids is 1. The molecule has 0 spiro atoms. The number of nitrogens with two attached hydrogens (primary N) is 2. The fourth-order valence-electron chi connectivity index (χ4n) is 1.63. The Labute approximate surface area is 116 Å². The average molecular weight is 273 g/mol. The van der Waals surface area contributed by atoms with Crippen LogP contribution in [-0.2, 0) is 0 Å². The summed E-state index contributed by atoms with van der Waals surface area (Å²) in [6.07, 6.45) is 3.73. The fraction of sp³-hybridized carbons (Fsp3) is 0. The van der Waals surface area contributed by atoms with Crippen molar-refractivity contribution in [3.63, 3.8) is 0 Å². The molecule has 0 heterocycles. The highest BCUT2D eigenvalue weighted by Crippen LogP contribution is 2.18. The molecule has 1 amide bonds. The minimum Gasteiger partial charge on any atom is -0.398 e. The van der Waals surface area contributed by atoms with Gasteiger partial charge in [0, 0.05) is 16.3 Å². The first kappa shape index (κ1) is 13.2. The van der Waals surface area contributed by atoms with Crippen molar-refractivity contribution >= 4 is 35.3 Å². The molecule has 4 heteroatoms. The van der Waals surface area contributed by atoms with Gasteiger partial charge in [-0.1, -0.05) is 35.9 Å². The molecule has 0 bridgehead atoms. The molecule has 0 saturated heterocycles. The molecule has 0 aliphatic carbocycles. The summed E-state index contributed by atoms with van der Waals surface area (Å²) in [6, 6.07) is 12.4. The van der Waals surface area contributed by atoms with Crippen LogP contribution >= 0.6 is 11.6 Å². The van der Waals surface area contributed by atoms with Gasteiger partial charge in [0.1, 0.15) is 0 Å². The number of rotatable bonds is 3. The van der Waals surface area contributed by atoms with Crippen molar-refractivity contribution < 1.29 is 4.79 Å². The highest BCUT2D eigenvalue weighted by Gasteiger charge is 2.02. The van der Waals surface area contributed by atoms with Gasteiger partial charge < -0.3 is 11.5 Å². The first-order valence-corrected chi connectivity index (χ1v) is 6.07. The highest BCUT2D eigenvalue weighted by molar-refractivity contribution is 6.30. The van der Waals surface area contributed by atoms with Crippen LogP contribution in [0.2, 0.25) is 5.02 Å². The van der Waals surface area contributed by atoms with E-state index in [0.717, 1.165) is 11.1 Å². The summed E-state index contributed by atoms with van der Waals surface area (Å²) >= 11 is 5.81. The molecule has 2 rings (SSSR count). The van der Waals surface area contributed by atoms with Crippen LogP contribution in [0, 0.1) is 0 Å². The van der Waals surface area contributed by atoms with Crippen molar-refractivity contribution in [1.29, 1.82) is 0 Å². The fourth-order valence-corrected chi connectivity index (χ4v) is 1.76. The SMILES string of the molecule is NC(=O)c1ccc(N)c(/C=C/c2ccc(Cl)cc2)c1. The predicted molar refractivity (Wildman–Crippen MR) is 79.8 cm³/mol. The van der Waals surface area contributed by atoms with E-state index in [2.05, 4.69) is 0 Å². The summed E-state index contributed by atoms with van der Waals surface area (Å²) in [4.78, 5) is 11.1. The number of hydrogen-bond acceptors (Lipinski definition) is 2. The number of halogens is 1. The van der Waals surface area contributed by atoms with E-state index >= 15 is 0 Å². The number of nitrogen functional groups attached to an aromatic ring is 1. The molecule has 0 fully saturated rings. The molecule has 4 N–H and O–H groups in total. The minimum atomic E-state index is -0.471. The van der Waals surface area contributed by atoms with Crippen LogP contribution in [0.4, 0.5) is 5.69 Å². The summed E-state index contributed by atoms with van der Waals surface area (Å²) in [7, 11) is 0. The van der Waals surface area contributed by atoms with Crippen LogP contribution in [0.5, 0.6) is 0 Å². The smallest absolute Gasteiger partial charge is 0.248 e. The highest BCUT2D eigenvalue weighted by atomic mass is 35.5. The molecular formula is C15H13ClN2O. The topological polar surface area (TPSA) is 69.1 Å². The van der Waals surface area contributed by atoms with Crippen molar-refractivity contribution in [1.82, 2.24) is 0 Å². The maximum Gasteiger partial charge on any atom is 0.248 e. The van der Waals surface area contributed by atoms with E-state index in [1.54, 1.807) is 18.2 Å².